The summed E-state index contributed by atoms with van der Waals surface area (Å²) >= 11 is 0. The van der Waals surface area contributed by atoms with Crippen molar-refractivity contribution in [3.05, 3.63) is 12.3 Å². The summed E-state index contributed by atoms with van der Waals surface area (Å²) in [5.74, 6) is 0.710. The summed E-state index contributed by atoms with van der Waals surface area (Å²) in [6, 6.07) is 0. The number of likely N-dealkylation sites (N-methyl/N-ethyl adjacent to an activating group) is 1. The second kappa shape index (κ2) is 9.06. The molecule has 0 rings (SSSR count). The van der Waals surface area contributed by atoms with Crippen molar-refractivity contribution in [1.29, 1.82) is 0 Å². The van der Waals surface area contributed by atoms with E-state index in [2.05, 4.69) is 10.3 Å². The highest BCUT2D eigenvalue weighted by Crippen LogP contribution is 1.89. The van der Waals surface area contributed by atoms with Gasteiger partial charge in [-0.3, -0.25) is 4.99 Å². The SMILES string of the molecule is C/N=C(\CCO/C=C/CNC)OC. The molecule has 0 saturated carbocycles. The minimum absolute atomic E-state index is 0.598. The van der Waals surface area contributed by atoms with E-state index in [1.165, 1.54) is 0 Å². The molecule has 0 unspecified atom stereocenters. The quantitative estimate of drug-likeness (QED) is 0.289. The van der Waals surface area contributed by atoms with Crippen molar-refractivity contribution in [1.82, 2.24) is 5.32 Å². The van der Waals surface area contributed by atoms with Crippen molar-refractivity contribution < 1.29 is 9.47 Å². The molecule has 4 nitrogen and oxygen atoms in total. The van der Waals surface area contributed by atoms with Crippen LogP contribution < -0.4 is 5.32 Å². The molecule has 0 aromatic carbocycles. The van der Waals surface area contributed by atoms with Gasteiger partial charge in [-0.25, -0.2) is 0 Å². The van der Waals surface area contributed by atoms with Crippen molar-refractivity contribution in [3.8, 4) is 0 Å². The van der Waals surface area contributed by atoms with Crippen LogP contribution in [0.15, 0.2) is 17.3 Å². The lowest BCUT2D eigenvalue weighted by Crippen LogP contribution is -2.06. The second-order valence-electron chi connectivity index (χ2n) is 2.37. The minimum atomic E-state index is 0.598. The van der Waals surface area contributed by atoms with Crippen molar-refractivity contribution in [2.45, 2.75) is 6.42 Å². The summed E-state index contributed by atoms with van der Waals surface area (Å²) in [4.78, 5) is 3.92. The summed E-state index contributed by atoms with van der Waals surface area (Å²) in [5, 5.41) is 2.97. The van der Waals surface area contributed by atoms with E-state index in [0.717, 1.165) is 6.54 Å². The Labute approximate surface area is 79.6 Å². The largest absolute Gasteiger partial charge is 0.501 e. The van der Waals surface area contributed by atoms with Crippen molar-refractivity contribution in [2.75, 3.05) is 34.4 Å². The number of nitrogens with zero attached hydrogens (tertiary/aromatic N) is 1. The normalized spacial score (nSPS) is 12.1. The Morgan fingerprint density at radius 3 is 2.85 bits per heavy atom. The molecular weight excluding hydrogens is 168 g/mol. The molecule has 0 aliphatic carbocycles. The third kappa shape index (κ3) is 7.33. The lowest BCUT2D eigenvalue weighted by Gasteiger charge is -2.03. The molecule has 1 N–H and O–H groups in total. The molecule has 0 saturated heterocycles. The maximum absolute atomic E-state index is 5.19. The number of hydrogen-bond donors (Lipinski definition) is 1. The van der Waals surface area contributed by atoms with Crippen LogP contribution >= 0.6 is 0 Å². The van der Waals surface area contributed by atoms with Gasteiger partial charge in [-0.1, -0.05) is 0 Å². The molecule has 76 valence electrons. The van der Waals surface area contributed by atoms with Gasteiger partial charge in [0.2, 0.25) is 0 Å². The van der Waals surface area contributed by atoms with Gasteiger partial charge in [0.25, 0.3) is 0 Å². The van der Waals surface area contributed by atoms with Gasteiger partial charge in [-0.05, 0) is 13.1 Å². The fourth-order valence-corrected chi connectivity index (χ4v) is 0.753. The Bertz CT molecular complexity index is 167. The average Bonchev–Trinajstić information content (AvgIpc) is 2.17. The molecular formula is C9H18N2O2. The summed E-state index contributed by atoms with van der Waals surface area (Å²) in [6.07, 6.45) is 4.30. The highest BCUT2D eigenvalue weighted by molar-refractivity contribution is 5.75. The monoisotopic (exact) mass is 186 g/mol. The van der Waals surface area contributed by atoms with Gasteiger partial charge in [0.15, 0.2) is 5.90 Å². The topological polar surface area (TPSA) is 42.8 Å². The van der Waals surface area contributed by atoms with E-state index in [1.54, 1.807) is 20.4 Å². The minimum Gasteiger partial charge on any atom is -0.501 e. The molecule has 0 aromatic heterocycles. The van der Waals surface area contributed by atoms with Crippen molar-refractivity contribution >= 4 is 5.90 Å². The molecule has 0 aromatic rings. The van der Waals surface area contributed by atoms with Crippen LogP contribution in [0.2, 0.25) is 0 Å². The molecule has 4 heteroatoms. The van der Waals surface area contributed by atoms with Gasteiger partial charge < -0.3 is 14.8 Å². The maximum Gasteiger partial charge on any atom is 0.186 e. The predicted octanol–water partition coefficient (Wildman–Crippen LogP) is 0.801. The molecule has 0 spiro atoms. The lowest BCUT2D eigenvalue weighted by molar-refractivity contribution is 0.248. The number of nitrogens with one attached hydrogen (secondary N) is 1. The second-order valence-corrected chi connectivity index (χ2v) is 2.37. The number of aliphatic imine (C=N–C) groups is 1. The number of rotatable bonds is 6. The summed E-state index contributed by atoms with van der Waals surface area (Å²) in [6.45, 7) is 1.42. The van der Waals surface area contributed by atoms with Crippen LogP contribution in [-0.2, 0) is 9.47 Å². The first-order valence-electron chi connectivity index (χ1n) is 4.26. The van der Waals surface area contributed by atoms with Crippen LogP contribution in [0.25, 0.3) is 0 Å². The van der Waals surface area contributed by atoms with Gasteiger partial charge in [0.1, 0.15) is 0 Å². The van der Waals surface area contributed by atoms with E-state index in [-0.39, 0.29) is 0 Å². The molecule has 13 heavy (non-hydrogen) atoms. The highest BCUT2D eigenvalue weighted by Gasteiger charge is 1.94. The van der Waals surface area contributed by atoms with Gasteiger partial charge in [-0.15, -0.1) is 0 Å². The van der Waals surface area contributed by atoms with E-state index >= 15 is 0 Å². The molecule has 0 heterocycles. The van der Waals surface area contributed by atoms with Crippen molar-refractivity contribution in [3.63, 3.8) is 0 Å². The van der Waals surface area contributed by atoms with Gasteiger partial charge in [0, 0.05) is 13.6 Å². The Hall–Kier alpha value is -1.03. The smallest absolute Gasteiger partial charge is 0.186 e. The zero-order valence-corrected chi connectivity index (χ0v) is 8.54. The Kier molecular flexibility index (Phi) is 8.34. The summed E-state index contributed by atoms with van der Waals surface area (Å²) in [5.41, 5.74) is 0. The standard InChI is InChI=1S/C9H18N2O2/c1-10-6-4-7-13-8-5-9(11-2)12-3/h4,7,10H,5-6,8H2,1-3H3/b7-4+,11-9+. The Balaban J connectivity index is 3.34. The highest BCUT2D eigenvalue weighted by atomic mass is 16.5. The van der Waals surface area contributed by atoms with E-state index in [9.17, 15) is 0 Å². The lowest BCUT2D eigenvalue weighted by atomic mass is 10.4. The fraction of sp³-hybridized carbons (Fsp3) is 0.667. The van der Waals surface area contributed by atoms with E-state index < -0.39 is 0 Å². The Morgan fingerprint density at radius 2 is 2.31 bits per heavy atom. The van der Waals surface area contributed by atoms with Crippen LogP contribution in [0.4, 0.5) is 0 Å². The third-order valence-electron chi connectivity index (χ3n) is 1.43. The first kappa shape index (κ1) is 12.0. The average molecular weight is 186 g/mol. The van der Waals surface area contributed by atoms with Gasteiger partial charge >= 0.3 is 0 Å². The first-order valence-corrected chi connectivity index (χ1v) is 4.26. The fourth-order valence-electron chi connectivity index (χ4n) is 0.753. The number of methoxy groups -OCH3 is 1. The van der Waals surface area contributed by atoms with Crippen molar-refractivity contribution in [2.24, 2.45) is 4.99 Å². The van der Waals surface area contributed by atoms with Crippen LogP contribution in [0, 0.1) is 0 Å². The van der Waals surface area contributed by atoms with E-state index in [4.69, 9.17) is 9.47 Å². The summed E-state index contributed by atoms with van der Waals surface area (Å²) in [7, 11) is 5.20. The molecule has 0 aliphatic heterocycles. The maximum atomic E-state index is 5.19. The zero-order valence-electron chi connectivity index (χ0n) is 8.54. The van der Waals surface area contributed by atoms with Crippen LogP contribution in [0.5, 0.6) is 0 Å². The van der Waals surface area contributed by atoms with E-state index in [1.807, 2.05) is 13.1 Å². The number of hydrogen-bond acceptors (Lipinski definition) is 4. The molecule has 0 radical (unpaired) electrons. The molecule has 0 fully saturated rings. The predicted molar refractivity (Wildman–Crippen MR) is 54.0 cm³/mol. The van der Waals surface area contributed by atoms with Gasteiger partial charge in [0.05, 0.1) is 26.4 Å². The molecule has 0 atom stereocenters. The molecule has 0 aliphatic rings. The first-order chi connectivity index (χ1) is 6.35. The zero-order chi connectivity index (χ0) is 9.94. The summed E-state index contributed by atoms with van der Waals surface area (Å²) < 4.78 is 10.1. The van der Waals surface area contributed by atoms with Gasteiger partial charge in [-0.2, -0.15) is 0 Å². The third-order valence-corrected chi connectivity index (χ3v) is 1.43. The van der Waals surface area contributed by atoms with E-state index in [0.29, 0.717) is 18.9 Å². The van der Waals surface area contributed by atoms with Crippen LogP contribution in [0.3, 0.4) is 0 Å². The number of ether oxygens (including phenoxy) is 2. The van der Waals surface area contributed by atoms with Crippen LogP contribution in [0.1, 0.15) is 6.42 Å². The molecule has 0 bridgehead atoms. The molecule has 0 amide bonds. The Morgan fingerprint density at radius 1 is 1.54 bits per heavy atom. The van der Waals surface area contributed by atoms with Crippen LogP contribution in [-0.4, -0.2) is 40.3 Å².